The number of phosphoric ester groups is 1. The maximum Gasteiger partial charge on any atom is 0.511 e. The molecule has 2 N–H and O–H groups in total. The Labute approximate surface area is 451 Å². The molecule has 0 bridgehead atoms. The highest BCUT2D eigenvalue weighted by molar-refractivity contribution is 7.48. The van der Waals surface area contributed by atoms with Gasteiger partial charge in [0, 0.05) is 22.4 Å². The zero-order valence-corrected chi connectivity index (χ0v) is 45.3. The second-order valence-electron chi connectivity index (χ2n) is 18.8. The van der Waals surface area contributed by atoms with Crippen LogP contribution in [-0.4, -0.2) is 96.9 Å². The van der Waals surface area contributed by atoms with E-state index in [1.807, 2.05) is 81.4 Å². The number of esters is 1. The molecule has 0 radical (unpaired) electrons. The molecule has 21 heteroatoms. The van der Waals surface area contributed by atoms with Crippen molar-refractivity contribution in [3.05, 3.63) is 165 Å². The Hall–Kier alpha value is -5.50. The fraction of sp³-hybridized carbons (Fsp3) is 0.400. The van der Waals surface area contributed by atoms with Crippen molar-refractivity contribution in [2.24, 2.45) is 5.41 Å². The second-order valence-corrected chi connectivity index (χ2v) is 21.3. The Bertz CT molecular complexity index is 2690. The third-order valence-electron chi connectivity index (χ3n) is 12.2. The van der Waals surface area contributed by atoms with Crippen LogP contribution in [0.4, 0.5) is 19.3 Å². The lowest BCUT2D eigenvalue weighted by Crippen LogP contribution is -2.44. The predicted molar refractivity (Wildman–Crippen MR) is 281 cm³/mol. The molecule has 4 atom stereocenters. The van der Waals surface area contributed by atoms with Gasteiger partial charge in [0.15, 0.2) is 0 Å². The van der Waals surface area contributed by atoms with E-state index in [2.05, 4.69) is 10.6 Å². The minimum absolute atomic E-state index is 0.00562. The van der Waals surface area contributed by atoms with Crippen LogP contribution >= 0.6 is 31.0 Å². The van der Waals surface area contributed by atoms with Gasteiger partial charge >= 0.3 is 19.9 Å². The Morgan fingerprint density at radius 2 is 1.32 bits per heavy atom. The van der Waals surface area contributed by atoms with Gasteiger partial charge < -0.3 is 43.8 Å². The number of benzene rings is 5. The molecule has 1 aliphatic rings. The Balaban J connectivity index is 0.896. The highest BCUT2D eigenvalue weighted by Gasteiger charge is 2.57. The summed E-state index contributed by atoms with van der Waals surface area (Å²) in [5.74, 6) is -3.73. The van der Waals surface area contributed by atoms with Crippen LogP contribution in [0.2, 0.25) is 10.0 Å². The maximum absolute atomic E-state index is 16.1. The number of hydrogen-bond donors (Lipinski definition) is 2. The minimum atomic E-state index is -3.91. The first-order valence-electron chi connectivity index (χ1n) is 24.4. The Kier molecular flexibility index (Phi) is 22.6. The molecule has 16 nitrogen and oxygen atoms in total. The van der Waals surface area contributed by atoms with Gasteiger partial charge in [-0.3, -0.25) is 18.4 Å². The monoisotopic (exact) mass is 1110 g/mol. The summed E-state index contributed by atoms with van der Waals surface area (Å²) in [6.07, 6.45) is -0.643. The van der Waals surface area contributed by atoms with Crippen molar-refractivity contribution in [2.75, 3.05) is 72.1 Å². The van der Waals surface area contributed by atoms with Crippen LogP contribution < -0.4 is 15.4 Å². The molecule has 410 valence electrons. The molecule has 1 saturated heterocycles. The molecule has 0 spiro atoms. The van der Waals surface area contributed by atoms with E-state index in [-0.39, 0.29) is 110 Å². The molecule has 1 heterocycles. The van der Waals surface area contributed by atoms with E-state index in [1.54, 1.807) is 25.1 Å². The lowest BCUT2D eigenvalue weighted by atomic mass is 9.63. The number of rotatable bonds is 28. The maximum atomic E-state index is 16.1. The first kappa shape index (κ1) is 59.7. The summed E-state index contributed by atoms with van der Waals surface area (Å²) in [7, 11) is -2.58. The molecule has 0 saturated carbocycles. The lowest BCUT2D eigenvalue weighted by molar-refractivity contribution is -0.118. The van der Waals surface area contributed by atoms with Gasteiger partial charge in [-0.25, -0.2) is 22.9 Å². The number of ether oxygens (including phenoxy) is 7. The molecule has 5 aromatic rings. The van der Waals surface area contributed by atoms with Gasteiger partial charge in [-0.2, -0.15) is 0 Å². The van der Waals surface area contributed by atoms with E-state index in [4.69, 9.17) is 69.9 Å². The molecule has 6 rings (SSSR count). The molecule has 1 aliphatic heterocycles. The average Bonchev–Trinajstić information content (AvgIpc) is 3.70. The summed E-state index contributed by atoms with van der Waals surface area (Å²) in [4.78, 5) is 39.6. The van der Waals surface area contributed by atoms with Crippen LogP contribution in [0.25, 0.3) is 0 Å². The van der Waals surface area contributed by atoms with E-state index in [1.165, 1.54) is 43.5 Å². The quantitative estimate of drug-likeness (QED) is 0.0208. The van der Waals surface area contributed by atoms with Crippen molar-refractivity contribution < 1.29 is 74.5 Å². The zero-order valence-electron chi connectivity index (χ0n) is 42.9. The molecule has 0 aliphatic carbocycles. The number of carbonyl (C=O) groups is 3. The fourth-order valence-corrected chi connectivity index (χ4v) is 10.1. The number of halogens is 4. The Morgan fingerprint density at radius 1 is 0.711 bits per heavy atom. The molecule has 76 heavy (non-hydrogen) atoms. The minimum Gasteiger partial charge on any atom is -0.495 e. The smallest absolute Gasteiger partial charge is 0.495 e. The van der Waals surface area contributed by atoms with Gasteiger partial charge in [-0.1, -0.05) is 130 Å². The van der Waals surface area contributed by atoms with E-state index in [9.17, 15) is 18.9 Å². The predicted octanol–water partition coefficient (Wildman–Crippen LogP) is 11.6. The second kappa shape index (κ2) is 28.8. The largest absolute Gasteiger partial charge is 0.511 e. The van der Waals surface area contributed by atoms with E-state index >= 15 is 8.78 Å². The number of methoxy groups -OCH3 is 1. The highest BCUT2D eigenvalue weighted by Crippen LogP contribution is 2.53. The van der Waals surface area contributed by atoms with Crippen LogP contribution in [-0.2, 0) is 70.0 Å². The third-order valence-corrected chi connectivity index (χ3v) is 14.1. The molecule has 1 fully saturated rings. The van der Waals surface area contributed by atoms with Crippen LogP contribution in [0, 0.1) is 17.0 Å². The molecule has 4 unspecified atom stereocenters. The van der Waals surface area contributed by atoms with E-state index in [0.717, 1.165) is 11.1 Å². The molecule has 1 amide bonds. The van der Waals surface area contributed by atoms with Crippen molar-refractivity contribution >= 4 is 54.7 Å². The van der Waals surface area contributed by atoms with Crippen molar-refractivity contribution in [2.45, 2.75) is 70.7 Å². The fourth-order valence-electron chi connectivity index (χ4n) is 8.59. The zero-order chi connectivity index (χ0) is 54.7. The summed E-state index contributed by atoms with van der Waals surface area (Å²) in [6, 6.07) is 29.8. The molecular weight excluding hydrogens is 1050 g/mol. The van der Waals surface area contributed by atoms with Crippen molar-refractivity contribution in [3.8, 4) is 5.75 Å². The first-order valence-corrected chi connectivity index (χ1v) is 26.6. The van der Waals surface area contributed by atoms with Crippen molar-refractivity contribution in [1.29, 1.82) is 0 Å². The standard InChI is InChI=1S/C55H63Cl2F2N2O14P/c1-54(2,3)33-47-55(4,42-21-20-40(56)32-44(42)58)48(41-17-12-18-43(57)49(41)59)50(61-47)51(62)60-45-22-19-39(31-46(45)66-5)52(63)71-36-72-53(64)70-29-27-68-25-23-67-24-26-69-28-30-73-76(65,74-34-37-13-8-6-9-14-37)75-35-38-15-10-7-11-16-38/h6-22,31-32,47-48,50,61H,23-30,33-36H2,1-5H3,(H,60,62). The summed E-state index contributed by atoms with van der Waals surface area (Å²) >= 11 is 12.5. The third kappa shape index (κ3) is 17.3. The number of carbonyl (C=O) groups excluding carboxylic acids is 3. The lowest BCUT2D eigenvalue weighted by Gasteiger charge is -2.40. The molecular formula is C55H63Cl2F2N2O14P. The van der Waals surface area contributed by atoms with Crippen molar-refractivity contribution in [1.82, 2.24) is 5.32 Å². The van der Waals surface area contributed by atoms with Crippen LogP contribution in [0.3, 0.4) is 0 Å². The number of anilines is 1. The number of phosphoric acid groups is 1. The van der Waals surface area contributed by atoms with E-state index < -0.39 is 67.7 Å². The number of nitrogens with one attached hydrogen (secondary N) is 2. The summed E-state index contributed by atoms with van der Waals surface area (Å²) in [5, 5.41) is 6.29. The summed E-state index contributed by atoms with van der Waals surface area (Å²) in [5.41, 5.74) is 0.617. The van der Waals surface area contributed by atoms with Gasteiger partial charge in [-0.15, -0.1) is 0 Å². The van der Waals surface area contributed by atoms with Crippen LogP contribution in [0.5, 0.6) is 5.75 Å². The normalized spacial score (nSPS) is 17.5. The topological polar surface area (TPSA) is 185 Å². The first-order chi connectivity index (χ1) is 36.4. The van der Waals surface area contributed by atoms with Crippen LogP contribution in [0.15, 0.2) is 115 Å². The van der Waals surface area contributed by atoms with E-state index in [0.29, 0.717) is 6.42 Å². The number of hydrogen-bond acceptors (Lipinski definition) is 15. The Morgan fingerprint density at radius 3 is 1.91 bits per heavy atom. The highest BCUT2D eigenvalue weighted by atomic mass is 35.5. The van der Waals surface area contributed by atoms with Gasteiger partial charge in [0.25, 0.3) is 0 Å². The van der Waals surface area contributed by atoms with Crippen molar-refractivity contribution in [3.63, 3.8) is 0 Å². The molecule has 0 aromatic heterocycles. The van der Waals surface area contributed by atoms with Gasteiger partial charge in [0.05, 0.1) is 88.9 Å². The van der Waals surface area contributed by atoms with Gasteiger partial charge in [-0.05, 0) is 70.5 Å². The van der Waals surface area contributed by atoms with Gasteiger partial charge in [0.2, 0.25) is 12.7 Å². The average molecular weight is 1120 g/mol. The number of amides is 1. The van der Waals surface area contributed by atoms with Crippen LogP contribution in [0.1, 0.15) is 72.6 Å². The summed E-state index contributed by atoms with van der Waals surface area (Å²) in [6.45, 7) is 7.98. The summed E-state index contributed by atoms with van der Waals surface area (Å²) < 4.78 is 99.1. The molecule has 5 aromatic carbocycles. The van der Waals surface area contributed by atoms with Gasteiger partial charge in [0.1, 0.15) is 24.0 Å². The SMILES string of the molecule is COc1cc(C(=O)OCOC(=O)OCCOCCOCCOCCOP(=O)(OCc2ccccc2)OCc2ccccc2)ccc1NC(=O)C1NC(CC(C)(C)C)C(C)(c2ccc(Cl)cc2F)C1c1cccc(Cl)c1F.